The molecule has 0 heterocycles. The van der Waals surface area contributed by atoms with Crippen LogP contribution >= 0.6 is 0 Å². The molecular weight excluding hydrogens is 266 g/mol. The van der Waals surface area contributed by atoms with E-state index in [1.165, 1.54) is 0 Å². The zero-order valence-electron chi connectivity index (χ0n) is 14.2. The molecular formula is C17H31NO3. The van der Waals surface area contributed by atoms with Gasteiger partial charge in [0.15, 0.2) is 0 Å². The molecule has 1 aliphatic rings. The largest absolute Gasteiger partial charge is 0.481 e. The molecule has 1 saturated carbocycles. The Hall–Kier alpha value is -1.06. The third-order valence-electron chi connectivity index (χ3n) is 5.27. The van der Waals surface area contributed by atoms with Crippen LogP contribution in [0.5, 0.6) is 0 Å². The van der Waals surface area contributed by atoms with Gasteiger partial charge in [-0.1, -0.05) is 27.7 Å². The van der Waals surface area contributed by atoms with Crippen molar-refractivity contribution < 1.29 is 14.7 Å². The highest BCUT2D eigenvalue weighted by Crippen LogP contribution is 2.39. The molecule has 0 aromatic carbocycles. The quantitative estimate of drug-likeness (QED) is 0.816. The van der Waals surface area contributed by atoms with Gasteiger partial charge in [0, 0.05) is 12.5 Å². The summed E-state index contributed by atoms with van der Waals surface area (Å²) in [7, 11) is 0. The van der Waals surface area contributed by atoms with E-state index in [0.717, 1.165) is 25.7 Å². The van der Waals surface area contributed by atoms with Crippen molar-refractivity contribution in [2.24, 2.45) is 22.7 Å². The molecule has 122 valence electrons. The second-order valence-electron chi connectivity index (χ2n) is 7.85. The maximum absolute atomic E-state index is 12.2. The number of carboxylic acids is 1. The number of carboxylic acid groups (broad SMARTS) is 1. The maximum Gasteiger partial charge on any atom is 0.311 e. The molecule has 4 heteroatoms. The molecule has 1 aliphatic carbocycles. The number of hydrogen-bond acceptors (Lipinski definition) is 2. The topological polar surface area (TPSA) is 66.4 Å². The number of rotatable bonds is 5. The third kappa shape index (κ3) is 4.72. The minimum Gasteiger partial charge on any atom is -0.481 e. The summed E-state index contributed by atoms with van der Waals surface area (Å²) < 4.78 is 0. The summed E-state index contributed by atoms with van der Waals surface area (Å²) in [5.74, 6) is -0.0787. The summed E-state index contributed by atoms with van der Waals surface area (Å²) in [6.45, 7) is 10.5. The highest BCUT2D eigenvalue weighted by atomic mass is 16.4. The summed E-state index contributed by atoms with van der Waals surface area (Å²) in [6, 6.07) is 0. The molecule has 0 radical (unpaired) electrons. The molecule has 0 spiro atoms. The van der Waals surface area contributed by atoms with Crippen LogP contribution in [0.1, 0.15) is 66.7 Å². The molecule has 4 nitrogen and oxygen atoms in total. The number of aliphatic carboxylic acids is 1. The van der Waals surface area contributed by atoms with Crippen LogP contribution in [-0.2, 0) is 9.59 Å². The number of carbonyl (C=O) groups excluding carboxylic acids is 1. The van der Waals surface area contributed by atoms with E-state index in [9.17, 15) is 14.7 Å². The van der Waals surface area contributed by atoms with E-state index in [0.29, 0.717) is 17.8 Å². The molecule has 1 atom stereocenters. The van der Waals surface area contributed by atoms with Gasteiger partial charge in [-0.15, -0.1) is 0 Å². The molecule has 21 heavy (non-hydrogen) atoms. The molecule has 2 N–H and O–H groups in total. The minimum atomic E-state index is -0.863. The zero-order chi connectivity index (χ0) is 16.3. The highest BCUT2D eigenvalue weighted by molar-refractivity contribution is 5.80. The van der Waals surface area contributed by atoms with Crippen molar-refractivity contribution in [3.05, 3.63) is 0 Å². The van der Waals surface area contributed by atoms with Gasteiger partial charge in [-0.2, -0.15) is 0 Å². The average Bonchev–Trinajstić information content (AvgIpc) is 2.43. The van der Waals surface area contributed by atoms with Crippen LogP contribution in [0.25, 0.3) is 0 Å². The van der Waals surface area contributed by atoms with E-state index >= 15 is 0 Å². The van der Waals surface area contributed by atoms with Crippen LogP contribution in [0, 0.1) is 22.7 Å². The van der Waals surface area contributed by atoms with Gasteiger partial charge >= 0.3 is 5.97 Å². The van der Waals surface area contributed by atoms with Crippen LogP contribution < -0.4 is 5.32 Å². The Morgan fingerprint density at radius 3 is 2.00 bits per heavy atom. The normalized spacial score (nSPS) is 26.0. The summed E-state index contributed by atoms with van der Waals surface area (Å²) in [6.07, 6.45) is 4.53. The zero-order valence-corrected chi connectivity index (χ0v) is 14.2. The smallest absolute Gasteiger partial charge is 0.311 e. The van der Waals surface area contributed by atoms with Crippen molar-refractivity contribution in [2.75, 3.05) is 6.54 Å². The van der Waals surface area contributed by atoms with Crippen LogP contribution in [0.3, 0.4) is 0 Å². The monoisotopic (exact) mass is 297 g/mol. The molecule has 0 aliphatic heterocycles. The van der Waals surface area contributed by atoms with Crippen LogP contribution in [0.15, 0.2) is 0 Å². The Morgan fingerprint density at radius 1 is 1.10 bits per heavy atom. The van der Waals surface area contributed by atoms with Crippen LogP contribution in [-0.4, -0.2) is 23.5 Å². The van der Waals surface area contributed by atoms with Gasteiger partial charge in [-0.3, -0.25) is 9.59 Å². The second kappa shape index (κ2) is 6.80. The molecule has 0 aromatic heterocycles. The van der Waals surface area contributed by atoms with Crippen molar-refractivity contribution in [3.8, 4) is 0 Å². The number of nitrogens with one attached hydrogen (secondary N) is 1. The van der Waals surface area contributed by atoms with Crippen LogP contribution in [0.2, 0.25) is 0 Å². The second-order valence-corrected chi connectivity index (χ2v) is 7.85. The highest BCUT2D eigenvalue weighted by Gasteiger charge is 2.35. The number of carbonyl (C=O) groups is 2. The predicted molar refractivity (Wildman–Crippen MR) is 83.9 cm³/mol. The van der Waals surface area contributed by atoms with Crippen LogP contribution in [0.4, 0.5) is 0 Å². The lowest BCUT2D eigenvalue weighted by molar-refractivity contribution is -0.148. The van der Waals surface area contributed by atoms with Gasteiger partial charge in [-0.05, 0) is 50.4 Å². The van der Waals surface area contributed by atoms with Gasteiger partial charge in [0.2, 0.25) is 5.91 Å². The molecule has 1 unspecified atom stereocenters. The van der Waals surface area contributed by atoms with E-state index in [1.54, 1.807) is 6.92 Å². The Morgan fingerprint density at radius 2 is 1.62 bits per heavy atom. The van der Waals surface area contributed by atoms with E-state index in [2.05, 4.69) is 26.1 Å². The average molecular weight is 297 g/mol. The van der Waals surface area contributed by atoms with Crippen molar-refractivity contribution in [2.45, 2.75) is 66.7 Å². The first kappa shape index (κ1) is 18.0. The summed E-state index contributed by atoms with van der Waals surface area (Å²) >= 11 is 0. The first-order chi connectivity index (χ1) is 9.60. The number of hydrogen-bond donors (Lipinski definition) is 2. The van der Waals surface area contributed by atoms with E-state index in [-0.39, 0.29) is 18.4 Å². The van der Waals surface area contributed by atoms with E-state index in [1.807, 2.05) is 6.92 Å². The fraction of sp³-hybridized carbons (Fsp3) is 0.882. The molecule has 0 saturated heterocycles. The lowest BCUT2D eigenvalue weighted by Gasteiger charge is -2.36. The maximum atomic E-state index is 12.2. The summed E-state index contributed by atoms with van der Waals surface area (Å²) in [5, 5.41) is 12.1. The minimum absolute atomic E-state index is 0.0308. The van der Waals surface area contributed by atoms with Gasteiger partial charge in [0.05, 0.1) is 5.41 Å². The number of amides is 1. The predicted octanol–water partition coefficient (Wildman–Crippen LogP) is 3.46. The first-order valence-electron chi connectivity index (χ1n) is 8.11. The standard InChI is InChI=1S/C17H31NO3/c1-6-17(5,15(20)21)11-18-14(19)12-7-9-13(10-8-12)16(2,3)4/h12-13H,6-11H2,1-5H3,(H,18,19)(H,20,21). The fourth-order valence-electron chi connectivity index (χ4n) is 3.00. The summed E-state index contributed by atoms with van der Waals surface area (Å²) in [4.78, 5) is 23.5. The van der Waals surface area contributed by atoms with Crippen molar-refractivity contribution in [3.63, 3.8) is 0 Å². The molecule has 1 rings (SSSR count). The van der Waals surface area contributed by atoms with Gasteiger partial charge in [0.1, 0.15) is 0 Å². The van der Waals surface area contributed by atoms with Crippen molar-refractivity contribution in [1.82, 2.24) is 5.32 Å². The Balaban J connectivity index is 2.47. The Labute approximate surface area is 128 Å². The van der Waals surface area contributed by atoms with Gasteiger partial charge < -0.3 is 10.4 Å². The molecule has 0 aromatic rings. The van der Waals surface area contributed by atoms with E-state index < -0.39 is 11.4 Å². The lowest BCUT2D eigenvalue weighted by atomic mass is 9.69. The van der Waals surface area contributed by atoms with Gasteiger partial charge in [0.25, 0.3) is 0 Å². The molecule has 0 bridgehead atoms. The van der Waals surface area contributed by atoms with Crippen molar-refractivity contribution >= 4 is 11.9 Å². The molecule has 1 fully saturated rings. The SMILES string of the molecule is CCC(C)(CNC(=O)C1CCC(C(C)(C)C)CC1)C(=O)O. The fourth-order valence-corrected chi connectivity index (χ4v) is 3.00. The van der Waals surface area contributed by atoms with Gasteiger partial charge in [-0.25, -0.2) is 0 Å². The molecule has 1 amide bonds. The van der Waals surface area contributed by atoms with E-state index in [4.69, 9.17) is 0 Å². The lowest BCUT2D eigenvalue weighted by Crippen LogP contribution is -2.43. The summed E-state index contributed by atoms with van der Waals surface area (Å²) in [5.41, 5.74) is -0.552. The Kier molecular flexibility index (Phi) is 5.83. The Bertz CT molecular complexity index is 378. The van der Waals surface area contributed by atoms with Crippen molar-refractivity contribution in [1.29, 1.82) is 0 Å². The first-order valence-corrected chi connectivity index (χ1v) is 8.11. The third-order valence-corrected chi connectivity index (χ3v) is 5.27.